The van der Waals surface area contributed by atoms with Gasteiger partial charge in [0.2, 0.25) is 0 Å². The standard InChI is InChI=1S/C15H15BrFNS/c1-10(18)8-11-2-5-14(9-15(11)16)19-13-6-3-12(17)4-7-13/h2-7,9-10H,8,18H2,1H3. The molecule has 2 rings (SSSR count). The molecule has 0 saturated carbocycles. The Bertz CT molecular complexity index is 555. The lowest BCUT2D eigenvalue weighted by molar-refractivity contribution is 0.626. The van der Waals surface area contributed by atoms with Gasteiger partial charge in [0.25, 0.3) is 0 Å². The summed E-state index contributed by atoms with van der Waals surface area (Å²) >= 11 is 5.18. The Kier molecular flexibility index (Phi) is 5.02. The predicted octanol–water partition coefficient (Wildman–Crippen LogP) is 4.63. The predicted molar refractivity (Wildman–Crippen MR) is 82.0 cm³/mol. The van der Waals surface area contributed by atoms with Crippen molar-refractivity contribution in [3.8, 4) is 0 Å². The average molecular weight is 340 g/mol. The summed E-state index contributed by atoms with van der Waals surface area (Å²) in [5, 5.41) is 0. The average Bonchev–Trinajstić information content (AvgIpc) is 2.35. The summed E-state index contributed by atoms with van der Waals surface area (Å²) in [6.45, 7) is 1.99. The van der Waals surface area contributed by atoms with Crippen LogP contribution in [-0.4, -0.2) is 6.04 Å². The molecule has 4 heteroatoms. The highest BCUT2D eigenvalue weighted by Crippen LogP contribution is 2.31. The summed E-state index contributed by atoms with van der Waals surface area (Å²) in [6.07, 6.45) is 0.849. The van der Waals surface area contributed by atoms with Gasteiger partial charge in [-0.05, 0) is 55.3 Å². The molecule has 0 aliphatic carbocycles. The summed E-state index contributed by atoms with van der Waals surface area (Å²) in [6, 6.07) is 12.9. The lowest BCUT2D eigenvalue weighted by Gasteiger charge is -2.09. The van der Waals surface area contributed by atoms with Gasteiger partial charge in [-0.1, -0.05) is 33.8 Å². The van der Waals surface area contributed by atoms with E-state index in [0.717, 1.165) is 20.7 Å². The van der Waals surface area contributed by atoms with Crippen LogP contribution >= 0.6 is 27.7 Å². The van der Waals surface area contributed by atoms with Crippen molar-refractivity contribution in [1.82, 2.24) is 0 Å². The van der Waals surface area contributed by atoms with Crippen molar-refractivity contribution in [3.05, 3.63) is 58.3 Å². The van der Waals surface area contributed by atoms with Gasteiger partial charge < -0.3 is 5.73 Å². The van der Waals surface area contributed by atoms with E-state index >= 15 is 0 Å². The normalized spacial score (nSPS) is 12.4. The third kappa shape index (κ3) is 4.34. The molecule has 19 heavy (non-hydrogen) atoms. The number of hydrogen-bond donors (Lipinski definition) is 1. The molecule has 1 unspecified atom stereocenters. The maximum Gasteiger partial charge on any atom is 0.123 e. The molecule has 0 aliphatic heterocycles. The van der Waals surface area contributed by atoms with Crippen molar-refractivity contribution < 1.29 is 4.39 Å². The third-order valence-electron chi connectivity index (χ3n) is 2.62. The highest BCUT2D eigenvalue weighted by molar-refractivity contribution is 9.10. The summed E-state index contributed by atoms with van der Waals surface area (Å²) in [5.41, 5.74) is 7.01. The number of halogens is 2. The maximum absolute atomic E-state index is 12.8. The number of rotatable bonds is 4. The Balaban J connectivity index is 2.13. The van der Waals surface area contributed by atoms with Crippen LogP contribution in [0.2, 0.25) is 0 Å². The number of nitrogens with two attached hydrogens (primary N) is 1. The first kappa shape index (κ1) is 14.6. The molecule has 0 aliphatic rings. The molecule has 100 valence electrons. The first-order chi connectivity index (χ1) is 9.04. The van der Waals surface area contributed by atoms with Gasteiger partial charge in [0.1, 0.15) is 5.82 Å². The largest absolute Gasteiger partial charge is 0.328 e. The zero-order valence-electron chi connectivity index (χ0n) is 10.6. The third-order valence-corrected chi connectivity index (χ3v) is 4.35. The van der Waals surface area contributed by atoms with Gasteiger partial charge in [-0.25, -0.2) is 4.39 Å². The van der Waals surface area contributed by atoms with Crippen molar-refractivity contribution in [2.75, 3.05) is 0 Å². The lowest BCUT2D eigenvalue weighted by Crippen LogP contribution is -2.17. The summed E-state index contributed by atoms with van der Waals surface area (Å²) < 4.78 is 13.9. The Hall–Kier alpha value is -0.840. The Labute approximate surface area is 125 Å². The van der Waals surface area contributed by atoms with E-state index in [1.165, 1.54) is 17.7 Å². The first-order valence-electron chi connectivity index (χ1n) is 6.02. The molecule has 0 amide bonds. The first-order valence-corrected chi connectivity index (χ1v) is 7.63. The molecule has 0 bridgehead atoms. The quantitative estimate of drug-likeness (QED) is 0.878. The van der Waals surface area contributed by atoms with Crippen LogP contribution in [0.25, 0.3) is 0 Å². The minimum Gasteiger partial charge on any atom is -0.328 e. The van der Waals surface area contributed by atoms with Crippen LogP contribution in [0.5, 0.6) is 0 Å². The van der Waals surface area contributed by atoms with Crippen molar-refractivity contribution in [2.45, 2.75) is 29.2 Å². The molecule has 0 radical (unpaired) electrons. The Morgan fingerprint density at radius 1 is 1.16 bits per heavy atom. The maximum atomic E-state index is 12.8. The van der Waals surface area contributed by atoms with Crippen LogP contribution < -0.4 is 5.73 Å². The van der Waals surface area contributed by atoms with Gasteiger partial charge in [-0.15, -0.1) is 0 Å². The highest BCUT2D eigenvalue weighted by atomic mass is 79.9. The van der Waals surface area contributed by atoms with E-state index < -0.39 is 0 Å². The van der Waals surface area contributed by atoms with Crippen LogP contribution in [0, 0.1) is 5.82 Å². The van der Waals surface area contributed by atoms with E-state index in [0.29, 0.717) is 0 Å². The molecule has 0 spiro atoms. The fraction of sp³-hybridized carbons (Fsp3) is 0.200. The summed E-state index contributed by atoms with van der Waals surface area (Å²) in [5.74, 6) is -0.210. The molecule has 0 saturated heterocycles. The minimum atomic E-state index is -0.210. The van der Waals surface area contributed by atoms with Crippen LogP contribution in [-0.2, 0) is 6.42 Å². The van der Waals surface area contributed by atoms with Gasteiger partial charge in [-0.2, -0.15) is 0 Å². The smallest absolute Gasteiger partial charge is 0.123 e. The monoisotopic (exact) mass is 339 g/mol. The van der Waals surface area contributed by atoms with Gasteiger partial charge >= 0.3 is 0 Å². The molecular formula is C15H15BrFNS. The number of hydrogen-bond acceptors (Lipinski definition) is 2. The van der Waals surface area contributed by atoms with E-state index in [-0.39, 0.29) is 11.9 Å². The summed E-state index contributed by atoms with van der Waals surface area (Å²) in [4.78, 5) is 2.14. The van der Waals surface area contributed by atoms with Crippen LogP contribution in [0.15, 0.2) is 56.7 Å². The van der Waals surface area contributed by atoms with Gasteiger partial charge in [0.05, 0.1) is 0 Å². The fourth-order valence-electron chi connectivity index (χ4n) is 1.74. The van der Waals surface area contributed by atoms with Crippen molar-refractivity contribution in [1.29, 1.82) is 0 Å². The minimum absolute atomic E-state index is 0.145. The molecule has 2 aromatic rings. The molecule has 1 atom stereocenters. The van der Waals surface area contributed by atoms with E-state index in [4.69, 9.17) is 5.73 Å². The molecule has 0 heterocycles. The van der Waals surface area contributed by atoms with E-state index in [9.17, 15) is 4.39 Å². The van der Waals surface area contributed by atoms with E-state index in [1.54, 1.807) is 23.9 Å². The fourth-order valence-corrected chi connectivity index (χ4v) is 3.29. The van der Waals surface area contributed by atoms with Gasteiger partial charge in [0, 0.05) is 20.3 Å². The molecule has 2 N–H and O–H groups in total. The zero-order chi connectivity index (χ0) is 13.8. The second-order valence-electron chi connectivity index (χ2n) is 4.49. The second-order valence-corrected chi connectivity index (χ2v) is 6.49. The highest BCUT2D eigenvalue weighted by Gasteiger charge is 2.05. The van der Waals surface area contributed by atoms with Crippen LogP contribution in [0.3, 0.4) is 0 Å². The SMILES string of the molecule is CC(N)Cc1ccc(Sc2ccc(F)cc2)cc1Br. The molecular weight excluding hydrogens is 325 g/mol. The van der Waals surface area contributed by atoms with E-state index in [1.807, 2.05) is 6.92 Å². The number of benzene rings is 2. The van der Waals surface area contributed by atoms with Crippen molar-refractivity contribution in [2.24, 2.45) is 5.73 Å². The van der Waals surface area contributed by atoms with Gasteiger partial charge in [0.15, 0.2) is 0 Å². The zero-order valence-corrected chi connectivity index (χ0v) is 13.0. The lowest BCUT2D eigenvalue weighted by atomic mass is 10.1. The molecule has 0 aromatic heterocycles. The molecule has 0 fully saturated rings. The summed E-state index contributed by atoms with van der Waals surface area (Å²) in [7, 11) is 0. The topological polar surface area (TPSA) is 26.0 Å². The van der Waals surface area contributed by atoms with Crippen LogP contribution in [0.1, 0.15) is 12.5 Å². The Morgan fingerprint density at radius 2 is 1.79 bits per heavy atom. The van der Waals surface area contributed by atoms with Crippen molar-refractivity contribution in [3.63, 3.8) is 0 Å². The molecule has 2 aromatic carbocycles. The van der Waals surface area contributed by atoms with E-state index in [2.05, 4.69) is 34.1 Å². The van der Waals surface area contributed by atoms with Gasteiger partial charge in [-0.3, -0.25) is 0 Å². The van der Waals surface area contributed by atoms with Crippen LogP contribution in [0.4, 0.5) is 4.39 Å². The van der Waals surface area contributed by atoms with Crippen molar-refractivity contribution >= 4 is 27.7 Å². The second kappa shape index (κ2) is 6.55. The molecule has 1 nitrogen and oxygen atoms in total. The Morgan fingerprint density at radius 3 is 2.37 bits per heavy atom.